The van der Waals surface area contributed by atoms with Gasteiger partial charge in [0.25, 0.3) is 0 Å². The molecule has 0 radical (unpaired) electrons. The molecule has 0 spiro atoms. The molecule has 2 amide bonds. The summed E-state index contributed by atoms with van der Waals surface area (Å²) in [5.41, 5.74) is 4.00. The Morgan fingerprint density at radius 3 is 2.47 bits per heavy atom. The van der Waals surface area contributed by atoms with Crippen molar-refractivity contribution >= 4 is 17.5 Å². The number of hydrogen-bond donors (Lipinski definition) is 3. The van der Waals surface area contributed by atoms with Crippen molar-refractivity contribution in [1.82, 2.24) is 10.2 Å². The molecular weight excluding hydrogens is 378 g/mol. The van der Waals surface area contributed by atoms with Crippen molar-refractivity contribution in [3.8, 4) is 5.75 Å². The second-order valence-corrected chi connectivity index (χ2v) is 8.19. The van der Waals surface area contributed by atoms with Crippen LogP contribution in [0.2, 0.25) is 0 Å². The third-order valence-electron chi connectivity index (χ3n) is 5.90. The van der Waals surface area contributed by atoms with Crippen molar-refractivity contribution in [3.05, 3.63) is 59.2 Å². The number of nitrogens with one attached hydrogen (secondary N) is 2. The molecule has 1 saturated heterocycles. The number of hydrogen-bond acceptors (Lipinski definition) is 4. The second-order valence-electron chi connectivity index (χ2n) is 8.19. The SMILES string of the molecule is Cc1ccc(C(C)NC(=O)CN2CCC(C(=O)Nc3ccccc3O)CC2)cc1C. The predicted molar refractivity (Wildman–Crippen MR) is 118 cm³/mol. The molecule has 2 aromatic carbocycles. The van der Waals surface area contributed by atoms with Gasteiger partial charge in [-0.3, -0.25) is 14.5 Å². The fourth-order valence-electron chi connectivity index (χ4n) is 3.77. The number of likely N-dealkylation sites (tertiary alicyclic amines) is 1. The summed E-state index contributed by atoms with van der Waals surface area (Å²) in [7, 11) is 0. The van der Waals surface area contributed by atoms with E-state index in [1.165, 1.54) is 11.1 Å². The van der Waals surface area contributed by atoms with Crippen molar-refractivity contribution in [3.63, 3.8) is 0 Å². The highest BCUT2D eigenvalue weighted by molar-refractivity contribution is 5.93. The lowest BCUT2D eigenvalue weighted by Gasteiger charge is -2.31. The molecule has 1 aliphatic heterocycles. The van der Waals surface area contributed by atoms with Gasteiger partial charge < -0.3 is 15.7 Å². The first-order valence-corrected chi connectivity index (χ1v) is 10.5. The number of aromatic hydroxyl groups is 1. The van der Waals surface area contributed by atoms with Crippen molar-refractivity contribution in [1.29, 1.82) is 0 Å². The van der Waals surface area contributed by atoms with Crippen LogP contribution >= 0.6 is 0 Å². The molecule has 3 rings (SSSR count). The lowest BCUT2D eigenvalue weighted by atomic mass is 9.95. The largest absolute Gasteiger partial charge is 0.506 e. The number of piperidine rings is 1. The first-order chi connectivity index (χ1) is 14.3. The number of carbonyl (C=O) groups excluding carboxylic acids is 2. The third kappa shape index (κ3) is 5.60. The Labute approximate surface area is 178 Å². The number of phenolic OH excluding ortho intramolecular Hbond substituents is 1. The number of anilines is 1. The molecule has 1 aliphatic rings. The Hall–Kier alpha value is -2.86. The average Bonchev–Trinajstić information content (AvgIpc) is 2.72. The summed E-state index contributed by atoms with van der Waals surface area (Å²) in [5, 5.41) is 15.7. The number of nitrogens with zero attached hydrogens (tertiary/aromatic N) is 1. The molecule has 0 aliphatic carbocycles. The fourth-order valence-corrected chi connectivity index (χ4v) is 3.77. The van der Waals surface area contributed by atoms with Gasteiger partial charge in [-0.25, -0.2) is 0 Å². The lowest BCUT2D eigenvalue weighted by molar-refractivity contribution is -0.124. The Balaban J connectivity index is 1.44. The van der Waals surface area contributed by atoms with Crippen LogP contribution < -0.4 is 10.6 Å². The molecule has 1 heterocycles. The van der Waals surface area contributed by atoms with Crippen molar-refractivity contribution in [2.24, 2.45) is 5.92 Å². The molecule has 6 heteroatoms. The van der Waals surface area contributed by atoms with E-state index in [1.807, 2.05) is 6.92 Å². The van der Waals surface area contributed by atoms with Gasteiger partial charge in [0.15, 0.2) is 0 Å². The number of benzene rings is 2. The Bertz CT molecular complexity index is 904. The number of para-hydroxylation sites is 2. The highest BCUT2D eigenvalue weighted by atomic mass is 16.3. The van der Waals surface area contributed by atoms with Crippen LogP contribution in [0.5, 0.6) is 5.75 Å². The summed E-state index contributed by atoms with van der Waals surface area (Å²) in [4.78, 5) is 27.1. The Morgan fingerprint density at radius 2 is 1.80 bits per heavy atom. The molecule has 160 valence electrons. The monoisotopic (exact) mass is 409 g/mol. The average molecular weight is 410 g/mol. The zero-order valence-electron chi connectivity index (χ0n) is 17.9. The molecule has 3 N–H and O–H groups in total. The Morgan fingerprint density at radius 1 is 1.10 bits per heavy atom. The van der Waals surface area contributed by atoms with Crippen LogP contribution in [0.1, 0.15) is 42.5 Å². The van der Waals surface area contributed by atoms with E-state index < -0.39 is 0 Å². The van der Waals surface area contributed by atoms with E-state index in [9.17, 15) is 14.7 Å². The first kappa shape index (κ1) is 21.8. The topological polar surface area (TPSA) is 81.7 Å². The van der Waals surface area contributed by atoms with Crippen LogP contribution in [0.4, 0.5) is 5.69 Å². The van der Waals surface area contributed by atoms with E-state index in [0.29, 0.717) is 38.2 Å². The highest BCUT2D eigenvalue weighted by Crippen LogP contribution is 2.25. The summed E-state index contributed by atoms with van der Waals surface area (Å²) in [5.74, 6) is -0.127. The van der Waals surface area contributed by atoms with Gasteiger partial charge in [-0.05, 0) is 75.5 Å². The normalized spacial score (nSPS) is 16.1. The smallest absolute Gasteiger partial charge is 0.234 e. The minimum absolute atomic E-state index is 0.00200. The van der Waals surface area contributed by atoms with Crippen LogP contribution in [0, 0.1) is 19.8 Å². The molecule has 1 fully saturated rings. The molecule has 6 nitrogen and oxygen atoms in total. The number of carbonyl (C=O) groups is 2. The maximum Gasteiger partial charge on any atom is 0.234 e. The van der Waals surface area contributed by atoms with Crippen LogP contribution in [-0.2, 0) is 9.59 Å². The van der Waals surface area contributed by atoms with Crippen molar-refractivity contribution < 1.29 is 14.7 Å². The number of aryl methyl sites for hydroxylation is 2. The molecule has 0 saturated carbocycles. The summed E-state index contributed by atoms with van der Waals surface area (Å²) >= 11 is 0. The number of phenols is 1. The van der Waals surface area contributed by atoms with Gasteiger partial charge in [-0.2, -0.15) is 0 Å². The highest BCUT2D eigenvalue weighted by Gasteiger charge is 2.26. The van der Waals surface area contributed by atoms with E-state index in [-0.39, 0.29) is 29.5 Å². The summed E-state index contributed by atoms with van der Waals surface area (Å²) < 4.78 is 0. The van der Waals surface area contributed by atoms with Crippen molar-refractivity contribution in [2.75, 3.05) is 25.0 Å². The van der Waals surface area contributed by atoms with Crippen LogP contribution in [-0.4, -0.2) is 41.5 Å². The molecule has 30 heavy (non-hydrogen) atoms. The third-order valence-corrected chi connectivity index (χ3v) is 5.90. The van der Waals surface area contributed by atoms with E-state index in [4.69, 9.17) is 0 Å². The van der Waals surface area contributed by atoms with E-state index in [1.54, 1.807) is 24.3 Å². The van der Waals surface area contributed by atoms with Gasteiger partial charge in [0.1, 0.15) is 5.75 Å². The van der Waals surface area contributed by atoms with Gasteiger partial charge in [0, 0.05) is 5.92 Å². The van der Waals surface area contributed by atoms with Crippen molar-refractivity contribution in [2.45, 2.75) is 39.7 Å². The second kappa shape index (κ2) is 9.76. The first-order valence-electron chi connectivity index (χ1n) is 10.5. The number of rotatable bonds is 6. The molecular formula is C24H31N3O3. The summed E-state index contributed by atoms with van der Waals surface area (Å²) in [6, 6.07) is 12.9. The van der Waals surface area contributed by atoms with Gasteiger partial charge in [-0.1, -0.05) is 30.3 Å². The quantitative estimate of drug-likeness (QED) is 0.638. The van der Waals surface area contributed by atoms with Gasteiger partial charge in [0.05, 0.1) is 18.3 Å². The van der Waals surface area contributed by atoms with Gasteiger partial charge in [0.2, 0.25) is 11.8 Å². The maximum atomic E-state index is 12.5. The minimum Gasteiger partial charge on any atom is -0.506 e. The number of amides is 2. The summed E-state index contributed by atoms with van der Waals surface area (Å²) in [6.45, 7) is 7.89. The predicted octanol–water partition coefficient (Wildman–Crippen LogP) is 3.54. The molecule has 1 atom stereocenters. The fraction of sp³-hybridized carbons (Fsp3) is 0.417. The van der Waals surface area contributed by atoms with E-state index in [0.717, 1.165) is 5.56 Å². The molecule has 0 bridgehead atoms. The standard InChI is InChI=1S/C24H31N3O3/c1-16-8-9-20(14-17(16)2)18(3)25-23(29)15-27-12-10-19(11-13-27)24(30)26-21-6-4-5-7-22(21)28/h4-9,14,18-19,28H,10-13,15H2,1-3H3,(H,25,29)(H,26,30). The van der Waals surface area contributed by atoms with Crippen LogP contribution in [0.25, 0.3) is 0 Å². The van der Waals surface area contributed by atoms with E-state index >= 15 is 0 Å². The van der Waals surface area contributed by atoms with Crippen LogP contribution in [0.3, 0.4) is 0 Å². The van der Waals surface area contributed by atoms with E-state index in [2.05, 4.69) is 47.6 Å². The zero-order valence-corrected chi connectivity index (χ0v) is 17.9. The zero-order chi connectivity index (χ0) is 21.7. The van der Waals surface area contributed by atoms with Crippen LogP contribution in [0.15, 0.2) is 42.5 Å². The summed E-state index contributed by atoms with van der Waals surface area (Å²) in [6.07, 6.45) is 1.39. The van der Waals surface area contributed by atoms with Gasteiger partial charge in [-0.15, -0.1) is 0 Å². The molecule has 2 aromatic rings. The molecule has 0 aromatic heterocycles. The van der Waals surface area contributed by atoms with Gasteiger partial charge >= 0.3 is 0 Å². The molecule has 1 unspecified atom stereocenters. The lowest BCUT2D eigenvalue weighted by Crippen LogP contribution is -2.43. The maximum absolute atomic E-state index is 12.5. The minimum atomic E-state index is -0.113. The Kier molecular flexibility index (Phi) is 7.11.